The highest BCUT2D eigenvalue weighted by Crippen LogP contribution is 2.28. The molecule has 3 aromatic rings. The summed E-state index contributed by atoms with van der Waals surface area (Å²) >= 11 is 0. The summed E-state index contributed by atoms with van der Waals surface area (Å²) in [4.78, 5) is 36.1. The van der Waals surface area contributed by atoms with Crippen molar-refractivity contribution in [3.8, 4) is 11.1 Å². The van der Waals surface area contributed by atoms with E-state index in [-0.39, 0.29) is 24.9 Å². The van der Waals surface area contributed by atoms with Crippen LogP contribution in [-0.4, -0.2) is 37.7 Å². The van der Waals surface area contributed by atoms with Crippen LogP contribution in [0.5, 0.6) is 0 Å². The molecule has 2 amide bonds. The number of halogens is 1. The zero-order valence-corrected chi connectivity index (χ0v) is 20.8. The van der Waals surface area contributed by atoms with E-state index in [0.717, 1.165) is 16.7 Å². The third-order valence-electron chi connectivity index (χ3n) is 5.31. The Kier molecular flexibility index (Phi) is 11.4. The molecule has 0 fully saturated rings. The number of amides is 2. The fourth-order valence-electron chi connectivity index (χ4n) is 3.39. The second-order valence-electron chi connectivity index (χ2n) is 7.84. The smallest absolute Gasteiger partial charge is 0.407 e. The summed E-state index contributed by atoms with van der Waals surface area (Å²) in [5.41, 5.74) is 9.66. The molecule has 0 heterocycles. The van der Waals surface area contributed by atoms with Crippen molar-refractivity contribution in [2.75, 3.05) is 19.0 Å². The Morgan fingerprint density at radius 2 is 1.58 bits per heavy atom. The Balaban J connectivity index is 0.00000456. The van der Waals surface area contributed by atoms with Crippen molar-refractivity contribution < 1.29 is 23.9 Å². The molecule has 0 aromatic heterocycles. The standard InChI is InChI=1S/C27H29N3O5.ClH/c1-34-26(32)21-15-13-20(14-16-21)22-10-5-6-12-24(22)30-25(31)23(28)11-7-17-29-27(33)35-18-19-8-3-2-4-9-19;/h2-6,8-10,12-16,23H,7,11,17-18,28H2,1H3,(H,29,33)(H,30,31);1H/t23-;/m0./s1. The van der Waals surface area contributed by atoms with Gasteiger partial charge in [0.2, 0.25) is 5.91 Å². The van der Waals surface area contributed by atoms with E-state index in [9.17, 15) is 14.4 Å². The number of hydrogen-bond donors (Lipinski definition) is 3. The number of anilines is 1. The van der Waals surface area contributed by atoms with Crippen LogP contribution in [0.25, 0.3) is 11.1 Å². The number of methoxy groups -OCH3 is 1. The molecule has 9 heteroatoms. The second-order valence-corrected chi connectivity index (χ2v) is 7.84. The van der Waals surface area contributed by atoms with E-state index in [1.54, 1.807) is 30.3 Å². The van der Waals surface area contributed by atoms with E-state index in [2.05, 4.69) is 10.6 Å². The lowest BCUT2D eigenvalue weighted by molar-refractivity contribution is -0.117. The third kappa shape index (κ3) is 8.41. The monoisotopic (exact) mass is 511 g/mol. The molecule has 0 saturated heterocycles. The van der Waals surface area contributed by atoms with E-state index in [1.807, 2.05) is 48.5 Å². The van der Waals surface area contributed by atoms with E-state index in [1.165, 1.54) is 7.11 Å². The maximum atomic E-state index is 12.7. The lowest BCUT2D eigenvalue weighted by Gasteiger charge is -2.15. The predicted molar refractivity (Wildman–Crippen MR) is 141 cm³/mol. The largest absolute Gasteiger partial charge is 0.465 e. The first-order chi connectivity index (χ1) is 17.0. The number of alkyl carbamates (subject to hydrolysis) is 1. The number of ether oxygens (including phenoxy) is 2. The molecule has 0 aliphatic heterocycles. The molecular formula is C27H30ClN3O5. The minimum Gasteiger partial charge on any atom is -0.465 e. The van der Waals surface area contributed by atoms with E-state index in [0.29, 0.717) is 30.6 Å². The van der Waals surface area contributed by atoms with Crippen LogP contribution >= 0.6 is 12.4 Å². The number of nitrogens with two attached hydrogens (primary N) is 1. The molecule has 0 aliphatic rings. The van der Waals surface area contributed by atoms with Gasteiger partial charge in [0.1, 0.15) is 6.61 Å². The number of para-hydroxylation sites is 1. The number of hydrogen-bond acceptors (Lipinski definition) is 6. The van der Waals surface area contributed by atoms with E-state index < -0.39 is 18.1 Å². The van der Waals surface area contributed by atoms with Crippen molar-refractivity contribution in [2.45, 2.75) is 25.5 Å². The van der Waals surface area contributed by atoms with Gasteiger partial charge in [0.25, 0.3) is 0 Å². The van der Waals surface area contributed by atoms with Crippen molar-refractivity contribution in [3.05, 3.63) is 90.0 Å². The maximum Gasteiger partial charge on any atom is 0.407 e. The van der Waals surface area contributed by atoms with Gasteiger partial charge in [0, 0.05) is 17.8 Å². The van der Waals surface area contributed by atoms with Crippen LogP contribution in [0.2, 0.25) is 0 Å². The highest BCUT2D eigenvalue weighted by atomic mass is 35.5. The number of benzene rings is 3. The molecule has 0 saturated carbocycles. The van der Waals surface area contributed by atoms with Gasteiger partial charge in [-0.15, -0.1) is 12.4 Å². The molecule has 3 aromatic carbocycles. The Labute approximate surface area is 216 Å². The Hall–Kier alpha value is -3.88. The normalized spacial score (nSPS) is 10.9. The lowest BCUT2D eigenvalue weighted by Crippen LogP contribution is -2.36. The third-order valence-corrected chi connectivity index (χ3v) is 5.31. The molecule has 0 radical (unpaired) electrons. The van der Waals surface area contributed by atoms with Gasteiger partial charge in [0.15, 0.2) is 0 Å². The highest BCUT2D eigenvalue weighted by Gasteiger charge is 2.16. The van der Waals surface area contributed by atoms with Crippen LogP contribution in [0.3, 0.4) is 0 Å². The summed E-state index contributed by atoms with van der Waals surface area (Å²) < 4.78 is 9.89. The van der Waals surface area contributed by atoms with Crippen LogP contribution in [0.15, 0.2) is 78.9 Å². The summed E-state index contributed by atoms with van der Waals surface area (Å²) in [5.74, 6) is -0.738. The fourth-order valence-corrected chi connectivity index (χ4v) is 3.39. The number of carbonyl (C=O) groups is 3. The minimum absolute atomic E-state index is 0. The Morgan fingerprint density at radius 1 is 0.917 bits per heavy atom. The van der Waals surface area contributed by atoms with Crippen molar-refractivity contribution in [2.24, 2.45) is 5.73 Å². The summed E-state index contributed by atoms with van der Waals surface area (Å²) in [6.45, 7) is 0.539. The van der Waals surface area contributed by atoms with Gasteiger partial charge in [-0.3, -0.25) is 4.79 Å². The number of carbonyl (C=O) groups excluding carboxylic acids is 3. The lowest BCUT2D eigenvalue weighted by atomic mass is 10.0. The Morgan fingerprint density at radius 3 is 2.28 bits per heavy atom. The molecule has 0 aliphatic carbocycles. The molecule has 1 atom stereocenters. The number of esters is 1. The van der Waals surface area contributed by atoms with Gasteiger partial charge in [-0.05, 0) is 42.2 Å². The molecule has 0 unspecified atom stereocenters. The first-order valence-electron chi connectivity index (χ1n) is 11.3. The molecule has 190 valence electrons. The zero-order valence-electron chi connectivity index (χ0n) is 19.9. The van der Waals surface area contributed by atoms with Gasteiger partial charge in [-0.25, -0.2) is 9.59 Å². The SMILES string of the molecule is COC(=O)c1ccc(-c2ccccc2NC(=O)[C@@H](N)CCCNC(=O)OCc2ccccc2)cc1.Cl. The van der Waals surface area contributed by atoms with Crippen LogP contribution in [0.1, 0.15) is 28.8 Å². The summed E-state index contributed by atoms with van der Waals surface area (Å²) in [6, 6.07) is 22.9. The molecule has 36 heavy (non-hydrogen) atoms. The molecule has 0 bridgehead atoms. The molecule has 3 rings (SSSR count). The van der Waals surface area contributed by atoms with E-state index >= 15 is 0 Å². The van der Waals surface area contributed by atoms with Crippen LogP contribution in [0, 0.1) is 0 Å². The van der Waals surface area contributed by atoms with Gasteiger partial charge < -0.3 is 25.8 Å². The predicted octanol–water partition coefficient (Wildman–Crippen LogP) is 4.53. The van der Waals surface area contributed by atoms with Crippen LogP contribution in [0.4, 0.5) is 10.5 Å². The average molecular weight is 512 g/mol. The maximum absolute atomic E-state index is 12.7. The molecule has 0 spiro atoms. The second kappa shape index (κ2) is 14.5. The zero-order chi connectivity index (χ0) is 25.0. The van der Waals surface area contributed by atoms with Crippen molar-refractivity contribution in [3.63, 3.8) is 0 Å². The van der Waals surface area contributed by atoms with E-state index in [4.69, 9.17) is 15.2 Å². The van der Waals surface area contributed by atoms with Gasteiger partial charge in [-0.1, -0.05) is 60.7 Å². The average Bonchev–Trinajstić information content (AvgIpc) is 2.90. The van der Waals surface area contributed by atoms with Crippen molar-refractivity contribution in [1.82, 2.24) is 5.32 Å². The molecular weight excluding hydrogens is 482 g/mol. The van der Waals surface area contributed by atoms with Gasteiger partial charge in [-0.2, -0.15) is 0 Å². The van der Waals surface area contributed by atoms with Crippen LogP contribution in [-0.2, 0) is 20.9 Å². The summed E-state index contributed by atoms with van der Waals surface area (Å²) in [6.07, 6.45) is 0.394. The first kappa shape index (κ1) is 28.4. The number of rotatable bonds is 10. The van der Waals surface area contributed by atoms with Crippen molar-refractivity contribution >= 4 is 36.1 Å². The Bertz CT molecular complexity index is 1140. The highest BCUT2D eigenvalue weighted by molar-refractivity contribution is 5.98. The topological polar surface area (TPSA) is 120 Å². The van der Waals surface area contributed by atoms with Crippen LogP contribution < -0.4 is 16.4 Å². The quantitative estimate of drug-likeness (QED) is 0.271. The summed E-state index contributed by atoms with van der Waals surface area (Å²) in [5, 5.41) is 5.54. The van der Waals surface area contributed by atoms with Gasteiger partial charge >= 0.3 is 12.1 Å². The number of nitrogens with one attached hydrogen (secondary N) is 2. The van der Waals surface area contributed by atoms with Crippen molar-refractivity contribution in [1.29, 1.82) is 0 Å². The first-order valence-corrected chi connectivity index (χ1v) is 11.3. The molecule has 4 N–H and O–H groups in total. The fraction of sp³-hybridized carbons (Fsp3) is 0.222. The summed E-state index contributed by atoms with van der Waals surface area (Å²) in [7, 11) is 1.33. The van der Waals surface area contributed by atoms with Gasteiger partial charge in [0.05, 0.1) is 18.7 Å². The molecule has 8 nitrogen and oxygen atoms in total. The minimum atomic E-state index is -0.744.